The maximum atomic E-state index is 12.3. The molecule has 0 aliphatic carbocycles. The van der Waals surface area contributed by atoms with E-state index in [9.17, 15) is 8.42 Å². The van der Waals surface area contributed by atoms with Crippen LogP contribution in [0.5, 0.6) is 5.75 Å². The third-order valence-electron chi connectivity index (χ3n) is 3.28. The van der Waals surface area contributed by atoms with E-state index in [2.05, 4.69) is 4.72 Å². The highest BCUT2D eigenvalue weighted by Gasteiger charge is 2.17. The van der Waals surface area contributed by atoms with Crippen LogP contribution in [0.2, 0.25) is 5.02 Å². The summed E-state index contributed by atoms with van der Waals surface area (Å²) in [5.41, 5.74) is 1.45. The molecule has 2 aromatic rings. The Hall–Kier alpha value is -1.56. The Morgan fingerprint density at radius 1 is 1.14 bits per heavy atom. The Bertz CT molecular complexity index is 729. The molecule has 0 saturated heterocycles. The van der Waals surface area contributed by atoms with Gasteiger partial charge in [-0.2, -0.15) is 0 Å². The number of nitrogens with one attached hydrogen (secondary N) is 1. The largest absolute Gasteiger partial charge is 0.497 e. The molecule has 0 spiro atoms. The second-order valence-electron chi connectivity index (χ2n) is 4.96. The molecule has 0 amide bonds. The molecule has 0 aromatic heterocycles. The van der Waals surface area contributed by atoms with Gasteiger partial charge in [0, 0.05) is 11.1 Å². The van der Waals surface area contributed by atoms with Crippen LogP contribution in [0.3, 0.4) is 0 Å². The van der Waals surface area contributed by atoms with Crippen LogP contribution in [0.15, 0.2) is 48.5 Å². The predicted molar refractivity (Wildman–Crippen MR) is 88.6 cm³/mol. The van der Waals surface area contributed by atoms with Crippen LogP contribution >= 0.6 is 11.6 Å². The van der Waals surface area contributed by atoms with Gasteiger partial charge >= 0.3 is 0 Å². The summed E-state index contributed by atoms with van der Waals surface area (Å²) in [6.07, 6.45) is 0. The van der Waals surface area contributed by atoms with Gasteiger partial charge in [0.05, 0.1) is 12.9 Å². The third kappa shape index (κ3) is 4.47. The van der Waals surface area contributed by atoms with E-state index in [1.54, 1.807) is 50.4 Å². The molecule has 0 radical (unpaired) electrons. The van der Waals surface area contributed by atoms with Crippen LogP contribution < -0.4 is 9.46 Å². The van der Waals surface area contributed by atoms with E-state index in [1.165, 1.54) is 0 Å². The van der Waals surface area contributed by atoms with Crippen LogP contribution in [-0.4, -0.2) is 15.5 Å². The molecule has 22 heavy (non-hydrogen) atoms. The summed E-state index contributed by atoms with van der Waals surface area (Å²) in [6.45, 7) is 1.80. The van der Waals surface area contributed by atoms with Gasteiger partial charge in [-0.25, -0.2) is 13.1 Å². The van der Waals surface area contributed by atoms with E-state index in [0.29, 0.717) is 10.6 Å². The fourth-order valence-corrected chi connectivity index (χ4v) is 3.79. The van der Waals surface area contributed by atoms with E-state index in [0.717, 1.165) is 11.3 Å². The SMILES string of the molecule is COc1ccc([C@@H](C)NS(=O)(=O)Cc2ccccc2Cl)cc1. The number of hydrogen-bond acceptors (Lipinski definition) is 3. The lowest BCUT2D eigenvalue weighted by molar-refractivity contribution is 0.414. The zero-order chi connectivity index (χ0) is 16.2. The number of hydrogen-bond donors (Lipinski definition) is 1. The summed E-state index contributed by atoms with van der Waals surface area (Å²) in [5, 5.41) is 0.449. The third-order valence-corrected chi connectivity index (χ3v) is 5.05. The summed E-state index contributed by atoms with van der Waals surface area (Å²) >= 11 is 6.01. The van der Waals surface area contributed by atoms with Crippen LogP contribution in [0.1, 0.15) is 24.1 Å². The highest BCUT2D eigenvalue weighted by molar-refractivity contribution is 7.88. The van der Waals surface area contributed by atoms with Gasteiger partial charge in [0.2, 0.25) is 10.0 Å². The van der Waals surface area contributed by atoms with Crippen LogP contribution in [-0.2, 0) is 15.8 Å². The quantitative estimate of drug-likeness (QED) is 0.876. The molecule has 0 fully saturated rings. The summed E-state index contributed by atoms with van der Waals surface area (Å²) < 4.78 is 32.3. The lowest BCUT2D eigenvalue weighted by atomic mass is 10.1. The molecular weight excluding hydrogens is 322 g/mol. The molecule has 2 rings (SSSR count). The molecule has 6 heteroatoms. The number of benzene rings is 2. The summed E-state index contributed by atoms with van der Waals surface area (Å²) in [4.78, 5) is 0. The average molecular weight is 340 g/mol. The Morgan fingerprint density at radius 3 is 2.36 bits per heavy atom. The Labute approximate surface area is 136 Å². The Morgan fingerprint density at radius 2 is 1.77 bits per heavy atom. The molecular formula is C16H18ClNO3S. The zero-order valence-electron chi connectivity index (χ0n) is 12.4. The molecule has 0 aliphatic heterocycles. The van der Waals surface area contributed by atoms with Crippen molar-refractivity contribution in [3.63, 3.8) is 0 Å². The normalized spacial score (nSPS) is 12.9. The van der Waals surface area contributed by atoms with Crippen molar-refractivity contribution in [2.24, 2.45) is 0 Å². The minimum Gasteiger partial charge on any atom is -0.497 e. The minimum absolute atomic E-state index is 0.146. The predicted octanol–water partition coefficient (Wildman–Crippen LogP) is 3.53. The summed E-state index contributed by atoms with van der Waals surface area (Å²) in [6, 6.07) is 13.9. The van der Waals surface area contributed by atoms with Crippen molar-refractivity contribution >= 4 is 21.6 Å². The van der Waals surface area contributed by atoms with E-state index < -0.39 is 10.0 Å². The van der Waals surface area contributed by atoms with E-state index in [1.807, 2.05) is 12.1 Å². The van der Waals surface area contributed by atoms with Crippen molar-refractivity contribution in [1.29, 1.82) is 0 Å². The van der Waals surface area contributed by atoms with E-state index in [-0.39, 0.29) is 11.8 Å². The van der Waals surface area contributed by atoms with Gasteiger partial charge in [0.25, 0.3) is 0 Å². The first-order valence-electron chi connectivity index (χ1n) is 6.78. The van der Waals surface area contributed by atoms with Gasteiger partial charge in [0.1, 0.15) is 5.75 Å². The molecule has 0 unspecified atom stereocenters. The maximum absolute atomic E-state index is 12.3. The number of ether oxygens (including phenoxy) is 1. The van der Waals surface area contributed by atoms with Gasteiger partial charge in [-0.05, 0) is 36.2 Å². The molecule has 4 nitrogen and oxygen atoms in total. The van der Waals surface area contributed by atoms with Crippen molar-refractivity contribution in [3.05, 3.63) is 64.7 Å². The first-order chi connectivity index (χ1) is 10.4. The van der Waals surface area contributed by atoms with Gasteiger partial charge in [-0.1, -0.05) is 41.9 Å². The van der Waals surface area contributed by atoms with Crippen molar-refractivity contribution < 1.29 is 13.2 Å². The molecule has 0 saturated carbocycles. The lowest BCUT2D eigenvalue weighted by Gasteiger charge is -2.15. The van der Waals surface area contributed by atoms with Crippen molar-refractivity contribution in [2.45, 2.75) is 18.7 Å². The molecule has 1 atom stereocenters. The second kappa shape index (κ2) is 7.13. The van der Waals surface area contributed by atoms with E-state index in [4.69, 9.17) is 16.3 Å². The van der Waals surface area contributed by atoms with Gasteiger partial charge in [-0.3, -0.25) is 0 Å². The van der Waals surface area contributed by atoms with Crippen LogP contribution in [0.25, 0.3) is 0 Å². The highest BCUT2D eigenvalue weighted by atomic mass is 35.5. The molecule has 0 bridgehead atoms. The van der Waals surface area contributed by atoms with Gasteiger partial charge in [0.15, 0.2) is 0 Å². The van der Waals surface area contributed by atoms with E-state index >= 15 is 0 Å². The standard InChI is InChI=1S/C16H18ClNO3S/c1-12(13-7-9-15(21-2)10-8-13)18-22(19,20)11-14-5-3-4-6-16(14)17/h3-10,12,18H,11H2,1-2H3/t12-/m1/s1. The summed E-state index contributed by atoms with van der Waals surface area (Å²) in [7, 11) is -1.90. The van der Waals surface area contributed by atoms with Crippen LogP contribution in [0.4, 0.5) is 0 Å². The number of halogens is 1. The first-order valence-corrected chi connectivity index (χ1v) is 8.81. The smallest absolute Gasteiger partial charge is 0.216 e. The fourth-order valence-electron chi connectivity index (χ4n) is 2.09. The van der Waals surface area contributed by atoms with Gasteiger partial charge < -0.3 is 4.74 Å². The Balaban J connectivity index is 2.09. The van der Waals surface area contributed by atoms with Gasteiger partial charge in [-0.15, -0.1) is 0 Å². The van der Waals surface area contributed by atoms with Crippen molar-refractivity contribution in [1.82, 2.24) is 4.72 Å². The monoisotopic (exact) mass is 339 g/mol. The number of rotatable bonds is 6. The first kappa shape index (κ1) is 16.8. The van der Waals surface area contributed by atoms with Crippen LogP contribution in [0, 0.1) is 0 Å². The van der Waals surface area contributed by atoms with Crippen molar-refractivity contribution in [3.8, 4) is 5.75 Å². The minimum atomic E-state index is -3.49. The summed E-state index contributed by atoms with van der Waals surface area (Å²) in [5.74, 6) is 0.586. The number of methoxy groups -OCH3 is 1. The lowest BCUT2D eigenvalue weighted by Crippen LogP contribution is -2.28. The molecule has 1 N–H and O–H groups in total. The molecule has 2 aromatic carbocycles. The molecule has 0 heterocycles. The average Bonchev–Trinajstić information content (AvgIpc) is 2.49. The molecule has 118 valence electrons. The zero-order valence-corrected chi connectivity index (χ0v) is 14.0. The molecule has 0 aliphatic rings. The Kier molecular flexibility index (Phi) is 5.45. The topological polar surface area (TPSA) is 55.4 Å². The highest BCUT2D eigenvalue weighted by Crippen LogP contribution is 2.21. The maximum Gasteiger partial charge on any atom is 0.216 e. The number of sulfonamides is 1. The van der Waals surface area contributed by atoms with Crippen molar-refractivity contribution in [2.75, 3.05) is 7.11 Å². The second-order valence-corrected chi connectivity index (χ2v) is 7.12. The fraction of sp³-hybridized carbons (Fsp3) is 0.250.